The Morgan fingerprint density at radius 3 is 2.37 bits per heavy atom. The molecule has 2 aromatic carbocycles. The van der Waals surface area contributed by atoms with Gasteiger partial charge in [0.2, 0.25) is 0 Å². The molecule has 2 nitrogen and oxygen atoms in total. The highest BCUT2D eigenvalue weighted by Crippen LogP contribution is 2.29. The van der Waals surface area contributed by atoms with E-state index in [1.54, 1.807) is 0 Å². The van der Waals surface area contributed by atoms with E-state index in [1.165, 1.54) is 16.7 Å². The van der Waals surface area contributed by atoms with E-state index in [1.807, 2.05) is 24.3 Å². The fraction of sp³-hybridized carbons (Fsp3) is 0.235. The summed E-state index contributed by atoms with van der Waals surface area (Å²) in [6, 6.07) is 18.4. The zero-order valence-corrected chi connectivity index (χ0v) is 11.0. The van der Waals surface area contributed by atoms with Gasteiger partial charge in [-0.3, -0.25) is 4.79 Å². The molecule has 98 valence electrons. The van der Waals surface area contributed by atoms with Crippen LogP contribution in [-0.2, 0) is 4.79 Å². The van der Waals surface area contributed by atoms with Crippen LogP contribution >= 0.6 is 0 Å². The molecule has 0 aliphatic rings. The molecule has 1 N–H and O–H groups in total. The van der Waals surface area contributed by atoms with E-state index in [0.717, 1.165) is 0 Å². The third-order valence-corrected chi connectivity index (χ3v) is 3.29. The summed E-state index contributed by atoms with van der Waals surface area (Å²) >= 11 is 0. The van der Waals surface area contributed by atoms with E-state index < -0.39 is 5.97 Å². The Morgan fingerprint density at radius 1 is 1.05 bits per heavy atom. The summed E-state index contributed by atoms with van der Waals surface area (Å²) < 4.78 is 0. The Balaban J connectivity index is 2.31. The van der Waals surface area contributed by atoms with Crippen molar-refractivity contribution in [2.75, 3.05) is 0 Å². The van der Waals surface area contributed by atoms with E-state index in [4.69, 9.17) is 5.11 Å². The number of aryl methyl sites for hydroxylation is 1. The van der Waals surface area contributed by atoms with Gasteiger partial charge < -0.3 is 5.11 Å². The van der Waals surface area contributed by atoms with Gasteiger partial charge in [-0.25, -0.2) is 0 Å². The van der Waals surface area contributed by atoms with Crippen molar-refractivity contribution in [3.8, 4) is 0 Å². The molecule has 0 saturated carbocycles. The Kier molecular flexibility index (Phi) is 4.35. The highest BCUT2D eigenvalue weighted by atomic mass is 16.4. The molecule has 0 saturated heterocycles. The van der Waals surface area contributed by atoms with Gasteiger partial charge in [0.15, 0.2) is 0 Å². The Bertz CT molecular complexity index is 546. The van der Waals surface area contributed by atoms with Gasteiger partial charge in [0.25, 0.3) is 0 Å². The topological polar surface area (TPSA) is 37.3 Å². The van der Waals surface area contributed by atoms with Crippen LogP contribution in [0.5, 0.6) is 0 Å². The van der Waals surface area contributed by atoms with Crippen molar-refractivity contribution in [1.82, 2.24) is 0 Å². The van der Waals surface area contributed by atoms with Crippen LogP contribution in [0.2, 0.25) is 0 Å². The summed E-state index contributed by atoms with van der Waals surface area (Å²) in [4.78, 5) is 10.8. The first-order valence-corrected chi connectivity index (χ1v) is 6.50. The molecule has 0 amide bonds. The highest BCUT2D eigenvalue weighted by Gasteiger charge is 2.15. The predicted octanol–water partition coefficient (Wildman–Crippen LogP) is 3.99. The zero-order chi connectivity index (χ0) is 13.7. The standard InChI is InChI=1S/C17H18O2/c1-13-6-5-9-15(12-13)16(10-11-17(18)19)14-7-3-2-4-8-14/h2-9,12,16H,10-11H2,1H3,(H,18,19). The summed E-state index contributed by atoms with van der Waals surface area (Å²) in [5, 5.41) is 8.91. The first kappa shape index (κ1) is 13.3. The van der Waals surface area contributed by atoms with Gasteiger partial charge in [-0.1, -0.05) is 60.2 Å². The van der Waals surface area contributed by atoms with Crippen molar-refractivity contribution in [3.63, 3.8) is 0 Å². The maximum Gasteiger partial charge on any atom is 0.303 e. The molecule has 0 aromatic heterocycles. The third kappa shape index (κ3) is 3.68. The predicted molar refractivity (Wildman–Crippen MR) is 76.3 cm³/mol. The van der Waals surface area contributed by atoms with E-state index in [9.17, 15) is 4.79 Å². The lowest BCUT2D eigenvalue weighted by molar-refractivity contribution is -0.137. The van der Waals surface area contributed by atoms with Gasteiger partial charge >= 0.3 is 5.97 Å². The molecule has 2 rings (SSSR count). The number of carboxylic acids is 1. The molecular formula is C17H18O2. The van der Waals surface area contributed by atoms with Crippen LogP contribution in [0, 0.1) is 6.92 Å². The first-order valence-electron chi connectivity index (χ1n) is 6.50. The molecule has 0 fully saturated rings. The lowest BCUT2D eigenvalue weighted by Crippen LogP contribution is -2.05. The van der Waals surface area contributed by atoms with Crippen molar-refractivity contribution in [2.45, 2.75) is 25.7 Å². The molecule has 19 heavy (non-hydrogen) atoms. The second-order valence-corrected chi connectivity index (χ2v) is 4.81. The van der Waals surface area contributed by atoms with Gasteiger partial charge in [-0.15, -0.1) is 0 Å². The fourth-order valence-corrected chi connectivity index (χ4v) is 2.37. The molecule has 0 aliphatic heterocycles. The van der Waals surface area contributed by atoms with Crippen LogP contribution in [-0.4, -0.2) is 11.1 Å². The molecule has 0 spiro atoms. The summed E-state index contributed by atoms with van der Waals surface area (Å²) in [5.41, 5.74) is 3.57. The van der Waals surface area contributed by atoms with Crippen molar-refractivity contribution in [2.24, 2.45) is 0 Å². The lowest BCUT2D eigenvalue weighted by Gasteiger charge is -2.17. The van der Waals surface area contributed by atoms with E-state index in [-0.39, 0.29) is 12.3 Å². The van der Waals surface area contributed by atoms with E-state index in [2.05, 4.69) is 37.3 Å². The molecule has 1 unspecified atom stereocenters. The summed E-state index contributed by atoms with van der Waals surface area (Å²) in [6.45, 7) is 2.06. The Morgan fingerprint density at radius 2 is 1.74 bits per heavy atom. The van der Waals surface area contributed by atoms with E-state index in [0.29, 0.717) is 6.42 Å². The first-order chi connectivity index (χ1) is 9.16. The van der Waals surface area contributed by atoms with Gasteiger partial charge in [0, 0.05) is 12.3 Å². The largest absolute Gasteiger partial charge is 0.481 e. The molecule has 0 bridgehead atoms. The Hall–Kier alpha value is -2.09. The minimum absolute atomic E-state index is 0.150. The molecular weight excluding hydrogens is 236 g/mol. The van der Waals surface area contributed by atoms with Gasteiger partial charge in [-0.05, 0) is 24.5 Å². The smallest absolute Gasteiger partial charge is 0.303 e. The van der Waals surface area contributed by atoms with Crippen molar-refractivity contribution in [3.05, 3.63) is 71.3 Å². The van der Waals surface area contributed by atoms with Gasteiger partial charge in [0.1, 0.15) is 0 Å². The maximum absolute atomic E-state index is 10.8. The highest BCUT2D eigenvalue weighted by molar-refractivity contribution is 5.66. The van der Waals surface area contributed by atoms with Crippen LogP contribution < -0.4 is 0 Å². The van der Waals surface area contributed by atoms with Crippen LogP contribution in [0.15, 0.2) is 54.6 Å². The number of carboxylic acid groups (broad SMARTS) is 1. The van der Waals surface area contributed by atoms with Crippen LogP contribution in [0.4, 0.5) is 0 Å². The quantitative estimate of drug-likeness (QED) is 0.876. The fourth-order valence-electron chi connectivity index (χ4n) is 2.37. The van der Waals surface area contributed by atoms with Crippen molar-refractivity contribution < 1.29 is 9.90 Å². The Labute approximate surface area is 113 Å². The number of carbonyl (C=O) groups is 1. The number of benzene rings is 2. The lowest BCUT2D eigenvalue weighted by atomic mass is 9.87. The summed E-state index contributed by atoms with van der Waals surface area (Å²) in [7, 11) is 0. The molecule has 2 aromatic rings. The van der Waals surface area contributed by atoms with Crippen LogP contribution in [0.25, 0.3) is 0 Å². The summed E-state index contributed by atoms with van der Waals surface area (Å²) in [6.07, 6.45) is 0.816. The SMILES string of the molecule is Cc1cccc(C(CCC(=O)O)c2ccccc2)c1. The second-order valence-electron chi connectivity index (χ2n) is 4.81. The van der Waals surface area contributed by atoms with Crippen molar-refractivity contribution in [1.29, 1.82) is 0 Å². The number of hydrogen-bond donors (Lipinski definition) is 1. The van der Waals surface area contributed by atoms with Crippen LogP contribution in [0.3, 0.4) is 0 Å². The molecule has 1 atom stereocenters. The summed E-state index contributed by atoms with van der Waals surface area (Å²) in [5.74, 6) is -0.592. The average Bonchev–Trinajstić information content (AvgIpc) is 2.40. The number of aliphatic carboxylic acids is 1. The average molecular weight is 254 g/mol. The van der Waals surface area contributed by atoms with Crippen LogP contribution in [0.1, 0.15) is 35.4 Å². The maximum atomic E-state index is 10.8. The second kappa shape index (κ2) is 6.19. The number of hydrogen-bond acceptors (Lipinski definition) is 1. The van der Waals surface area contributed by atoms with Gasteiger partial charge in [-0.2, -0.15) is 0 Å². The van der Waals surface area contributed by atoms with Crippen molar-refractivity contribution >= 4 is 5.97 Å². The number of rotatable bonds is 5. The molecule has 2 heteroatoms. The normalized spacial score (nSPS) is 12.1. The monoisotopic (exact) mass is 254 g/mol. The minimum Gasteiger partial charge on any atom is -0.481 e. The third-order valence-electron chi connectivity index (χ3n) is 3.29. The van der Waals surface area contributed by atoms with E-state index >= 15 is 0 Å². The molecule has 0 radical (unpaired) electrons. The van der Waals surface area contributed by atoms with Gasteiger partial charge in [0.05, 0.1) is 0 Å². The molecule has 0 heterocycles. The minimum atomic E-state index is -0.742. The molecule has 0 aliphatic carbocycles. The zero-order valence-electron chi connectivity index (χ0n) is 11.0.